The van der Waals surface area contributed by atoms with Gasteiger partial charge in [-0.3, -0.25) is 10.1 Å². The molecule has 0 fully saturated rings. The number of fused-ring (bicyclic) bond motifs is 1. The summed E-state index contributed by atoms with van der Waals surface area (Å²) >= 11 is 2.63. The fraction of sp³-hybridized carbons (Fsp3) is 0.0714. The van der Waals surface area contributed by atoms with Crippen molar-refractivity contribution < 1.29 is 14.5 Å². The molecular formula is C14H9N3O4S2. The smallest absolute Gasteiger partial charge is 0.339 e. The van der Waals surface area contributed by atoms with Crippen molar-refractivity contribution in [2.24, 2.45) is 0 Å². The van der Waals surface area contributed by atoms with Crippen LogP contribution in [-0.4, -0.2) is 28.0 Å². The molecule has 0 N–H and O–H groups in total. The van der Waals surface area contributed by atoms with E-state index in [0.29, 0.717) is 9.24 Å². The van der Waals surface area contributed by atoms with Gasteiger partial charge in [0, 0.05) is 23.2 Å². The Morgan fingerprint density at radius 2 is 2.22 bits per heavy atom. The number of nitro groups is 1. The molecule has 3 rings (SSSR count). The molecule has 0 aliphatic carbocycles. The average molecular weight is 347 g/mol. The highest BCUT2D eigenvalue weighted by molar-refractivity contribution is 8.01. The summed E-state index contributed by atoms with van der Waals surface area (Å²) in [4.78, 5) is 32.2. The Labute approximate surface area is 138 Å². The van der Waals surface area contributed by atoms with E-state index in [1.54, 1.807) is 12.3 Å². The lowest BCUT2D eigenvalue weighted by molar-refractivity contribution is -0.384. The Hall–Kier alpha value is -2.52. The number of pyridine rings is 1. The number of hydrogen-bond donors (Lipinski definition) is 0. The zero-order valence-corrected chi connectivity index (χ0v) is 13.4. The molecule has 0 aliphatic heterocycles. The largest absolute Gasteiger partial charge is 0.465 e. The second-order valence-corrected chi connectivity index (χ2v) is 6.61. The first-order valence-electron chi connectivity index (χ1n) is 6.34. The Morgan fingerprint density at radius 1 is 1.39 bits per heavy atom. The van der Waals surface area contributed by atoms with Crippen molar-refractivity contribution in [1.82, 2.24) is 9.97 Å². The average Bonchev–Trinajstić information content (AvgIpc) is 2.96. The molecule has 0 saturated carbocycles. The van der Waals surface area contributed by atoms with Gasteiger partial charge in [0.15, 0.2) is 4.34 Å². The van der Waals surface area contributed by atoms with Gasteiger partial charge in [-0.05, 0) is 18.2 Å². The van der Waals surface area contributed by atoms with Gasteiger partial charge in [-0.25, -0.2) is 14.8 Å². The second kappa shape index (κ2) is 6.31. The Balaban J connectivity index is 2.01. The fourth-order valence-corrected chi connectivity index (χ4v) is 3.91. The van der Waals surface area contributed by atoms with Crippen LogP contribution in [0.1, 0.15) is 10.4 Å². The first-order chi connectivity index (χ1) is 11.1. The van der Waals surface area contributed by atoms with E-state index in [4.69, 9.17) is 4.74 Å². The quantitative estimate of drug-likeness (QED) is 0.404. The molecule has 0 unspecified atom stereocenters. The van der Waals surface area contributed by atoms with Crippen LogP contribution in [0.4, 0.5) is 5.69 Å². The zero-order chi connectivity index (χ0) is 16.4. The van der Waals surface area contributed by atoms with E-state index < -0.39 is 10.9 Å². The molecular weight excluding hydrogens is 338 g/mol. The minimum absolute atomic E-state index is 0.138. The van der Waals surface area contributed by atoms with Crippen LogP contribution in [0, 0.1) is 10.1 Å². The van der Waals surface area contributed by atoms with Gasteiger partial charge in [0.25, 0.3) is 5.69 Å². The monoisotopic (exact) mass is 347 g/mol. The minimum Gasteiger partial charge on any atom is -0.465 e. The van der Waals surface area contributed by atoms with E-state index in [-0.39, 0.29) is 11.3 Å². The molecule has 23 heavy (non-hydrogen) atoms. The lowest BCUT2D eigenvalue weighted by Gasteiger charge is -2.05. The molecule has 9 heteroatoms. The minimum atomic E-state index is -0.629. The Bertz CT molecular complexity index is 877. The molecule has 0 amide bonds. The van der Waals surface area contributed by atoms with Crippen LogP contribution in [0.2, 0.25) is 0 Å². The normalized spacial score (nSPS) is 10.7. The van der Waals surface area contributed by atoms with Crippen LogP contribution in [0.15, 0.2) is 45.8 Å². The number of carbonyl (C=O) groups excluding carboxylic acids is 1. The molecule has 0 atom stereocenters. The Kier molecular flexibility index (Phi) is 4.22. The van der Waals surface area contributed by atoms with Crippen molar-refractivity contribution in [2.45, 2.75) is 9.24 Å². The number of ether oxygens (including phenoxy) is 1. The topological polar surface area (TPSA) is 95.2 Å². The van der Waals surface area contributed by atoms with Gasteiger partial charge in [-0.15, -0.1) is 0 Å². The number of nitro benzene ring substituents is 1. The number of aromatic nitrogens is 2. The lowest BCUT2D eigenvalue weighted by atomic mass is 10.2. The summed E-state index contributed by atoms with van der Waals surface area (Å²) in [5.41, 5.74) is 0.737. The van der Waals surface area contributed by atoms with Crippen LogP contribution in [0.3, 0.4) is 0 Å². The molecule has 0 bridgehead atoms. The fourth-order valence-electron chi connectivity index (χ4n) is 1.88. The van der Waals surface area contributed by atoms with Crippen molar-refractivity contribution in [3.05, 3.63) is 52.2 Å². The predicted octanol–water partition coefficient (Wildman–Crippen LogP) is 3.54. The molecule has 0 spiro atoms. The number of nitrogens with zero attached hydrogens (tertiary/aromatic N) is 3. The lowest BCUT2D eigenvalue weighted by Crippen LogP contribution is -2.04. The highest BCUT2D eigenvalue weighted by Gasteiger charge is 2.19. The van der Waals surface area contributed by atoms with Crippen LogP contribution >= 0.6 is 23.1 Å². The number of rotatable bonds is 4. The molecule has 2 aromatic heterocycles. The van der Waals surface area contributed by atoms with Crippen molar-refractivity contribution in [3.63, 3.8) is 0 Å². The molecule has 3 aromatic rings. The maximum atomic E-state index is 11.9. The van der Waals surface area contributed by atoms with Gasteiger partial charge in [0.2, 0.25) is 0 Å². The van der Waals surface area contributed by atoms with Gasteiger partial charge < -0.3 is 4.74 Å². The molecule has 0 aliphatic rings. The molecule has 1 aromatic carbocycles. The third-order valence-electron chi connectivity index (χ3n) is 2.92. The maximum absolute atomic E-state index is 11.9. The molecule has 0 saturated heterocycles. The standard InChI is InChI=1S/C14H9N3O4S2/c1-21-13(18)9-7-8(17(19)20)4-5-11(9)22-14-16-10-3-2-6-15-12(10)23-14/h2-7H,1H3. The van der Waals surface area contributed by atoms with Gasteiger partial charge in [-0.2, -0.15) is 0 Å². The summed E-state index contributed by atoms with van der Waals surface area (Å²) in [6, 6.07) is 7.72. The number of hydrogen-bond acceptors (Lipinski definition) is 8. The van der Waals surface area contributed by atoms with Gasteiger partial charge in [-0.1, -0.05) is 23.1 Å². The summed E-state index contributed by atoms with van der Waals surface area (Å²) < 4.78 is 5.40. The summed E-state index contributed by atoms with van der Waals surface area (Å²) in [5, 5.41) is 10.9. The number of carbonyl (C=O) groups is 1. The number of methoxy groups -OCH3 is 1. The van der Waals surface area contributed by atoms with E-state index in [2.05, 4.69) is 9.97 Å². The Morgan fingerprint density at radius 3 is 2.91 bits per heavy atom. The van der Waals surface area contributed by atoms with Gasteiger partial charge in [0.1, 0.15) is 10.3 Å². The molecule has 116 valence electrons. The van der Waals surface area contributed by atoms with Crippen LogP contribution < -0.4 is 0 Å². The summed E-state index contributed by atoms with van der Waals surface area (Å²) in [5.74, 6) is -0.629. The van der Waals surface area contributed by atoms with E-state index in [9.17, 15) is 14.9 Å². The predicted molar refractivity (Wildman–Crippen MR) is 86.0 cm³/mol. The van der Waals surface area contributed by atoms with Crippen LogP contribution in [0.25, 0.3) is 10.3 Å². The molecule has 7 nitrogen and oxygen atoms in total. The van der Waals surface area contributed by atoms with E-state index in [0.717, 1.165) is 10.3 Å². The number of esters is 1. The maximum Gasteiger partial charge on any atom is 0.339 e. The van der Waals surface area contributed by atoms with Crippen molar-refractivity contribution >= 4 is 45.1 Å². The third-order valence-corrected chi connectivity index (χ3v) is 5.04. The van der Waals surface area contributed by atoms with E-state index in [1.165, 1.54) is 48.4 Å². The first-order valence-corrected chi connectivity index (χ1v) is 7.98. The zero-order valence-electron chi connectivity index (χ0n) is 11.8. The summed E-state index contributed by atoms with van der Waals surface area (Å²) in [7, 11) is 1.23. The summed E-state index contributed by atoms with van der Waals surface area (Å²) in [6.45, 7) is 0. The van der Waals surface area contributed by atoms with Crippen LogP contribution in [0.5, 0.6) is 0 Å². The highest BCUT2D eigenvalue weighted by Crippen LogP contribution is 2.36. The van der Waals surface area contributed by atoms with E-state index >= 15 is 0 Å². The SMILES string of the molecule is COC(=O)c1cc([N+](=O)[O-])ccc1Sc1nc2cccnc2s1. The number of non-ortho nitro benzene ring substituents is 1. The number of thiazole rings is 1. The van der Waals surface area contributed by atoms with E-state index in [1.807, 2.05) is 6.07 Å². The van der Waals surface area contributed by atoms with Gasteiger partial charge in [0.05, 0.1) is 17.6 Å². The first kappa shape index (κ1) is 15.4. The molecule has 0 radical (unpaired) electrons. The molecule has 2 heterocycles. The third kappa shape index (κ3) is 3.15. The highest BCUT2D eigenvalue weighted by atomic mass is 32.2. The number of benzene rings is 1. The summed E-state index contributed by atoms with van der Waals surface area (Å²) in [6.07, 6.45) is 1.68. The van der Waals surface area contributed by atoms with Crippen molar-refractivity contribution in [3.8, 4) is 0 Å². The van der Waals surface area contributed by atoms with Crippen molar-refractivity contribution in [1.29, 1.82) is 0 Å². The van der Waals surface area contributed by atoms with Gasteiger partial charge >= 0.3 is 5.97 Å². The second-order valence-electron chi connectivity index (χ2n) is 4.34. The van der Waals surface area contributed by atoms with Crippen LogP contribution in [-0.2, 0) is 4.74 Å². The van der Waals surface area contributed by atoms with Crippen molar-refractivity contribution in [2.75, 3.05) is 7.11 Å².